The minimum Gasteiger partial charge on any atom is -0.377 e. The van der Waals surface area contributed by atoms with Crippen molar-refractivity contribution in [2.45, 2.75) is 50.9 Å². The molecule has 1 saturated heterocycles. The first kappa shape index (κ1) is 17.8. The van der Waals surface area contributed by atoms with E-state index in [4.69, 9.17) is 21.3 Å². The van der Waals surface area contributed by atoms with Crippen LogP contribution >= 0.6 is 23.4 Å². The molecule has 2 aromatic rings. The van der Waals surface area contributed by atoms with Crippen LogP contribution in [0.1, 0.15) is 33.1 Å². The van der Waals surface area contributed by atoms with Crippen molar-refractivity contribution in [3.05, 3.63) is 33.6 Å². The highest BCUT2D eigenvalue weighted by Gasteiger charge is 2.18. The topological polar surface area (TPSA) is 44.1 Å². The van der Waals surface area contributed by atoms with Crippen LogP contribution in [0.4, 0.5) is 0 Å². The zero-order valence-corrected chi connectivity index (χ0v) is 15.7. The second kappa shape index (κ2) is 7.89. The molecular formula is C18H23ClN2O2S. The molecule has 0 amide bonds. The SMILES string of the molecule is CC(C)CCn1c(SCC2CCCO2)nc2cc(Cl)ccc2c1=O. The van der Waals surface area contributed by atoms with Crippen LogP contribution in [-0.4, -0.2) is 28.0 Å². The van der Waals surface area contributed by atoms with Crippen LogP contribution in [0.3, 0.4) is 0 Å². The van der Waals surface area contributed by atoms with Gasteiger partial charge in [-0.05, 0) is 43.4 Å². The van der Waals surface area contributed by atoms with Crippen LogP contribution in [0.2, 0.25) is 5.02 Å². The van der Waals surface area contributed by atoms with E-state index in [9.17, 15) is 4.79 Å². The smallest absolute Gasteiger partial charge is 0.262 e. The Labute approximate surface area is 151 Å². The maximum absolute atomic E-state index is 12.9. The Balaban J connectivity index is 1.95. The molecule has 0 N–H and O–H groups in total. The van der Waals surface area contributed by atoms with Crippen molar-refractivity contribution >= 4 is 34.3 Å². The molecule has 0 radical (unpaired) electrons. The molecule has 1 aromatic carbocycles. The molecule has 1 aromatic heterocycles. The van der Waals surface area contributed by atoms with Gasteiger partial charge in [-0.15, -0.1) is 0 Å². The first-order valence-corrected chi connectivity index (χ1v) is 9.85. The fraction of sp³-hybridized carbons (Fsp3) is 0.556. The van der Waals surface area contributed by atoms with E-state index < -0.39 is 0 Å². The van der Waals surface area contributed by atoms with Crippen molar-refractivity contribution in [2.75, 3.05) is 12.4 Å². The highest BCUT2D eigenvalue weighted by atomic mass is 35.5. The zero-order valence-electron chi connectivity index (χ0n) is 14.1. The normalized spacial score (nSPS) is 17.9. The van der Waals surface area contributed by atoms with Crippen LogP contribution < -0.4 is 5.56 Å². The molecule has 24 heavy (non-hydrogen) atoms. The maximum atomic E-state index is 12.9. The molecular weight excluding hydrogens is 344 g/mol. The summed E-state index contributed by atoms with van der Waals surface area (Å²) in [6.45, 7) is 5.86. The largest absolute Gasteiger partial charge is 0.377 e. The molecule has 1 fully saturated rings. The molecule has 130 valence electrons. The quantitative estimate of drug-likeness (QED) is 0.562. The molecule has 0 saturated carbocycles. The molecule has 0 bridgehead atoms. The second-order valence-corrected chi connectivity index (χ2v) is 8.06. The number of hydrogen-bond acceptors (Lipinski definition) is 4. The van der Waals surface area contributed by atoms with Crippen LogP contribution in [0.5, 0.6) is 0 Å². The number of nitrogens with zero attached hydrogens (tertiary/aromatic N) is 2. The number of hydrogen-bond donors (Lipinski definition) is 0. The molecule has 1 aliphatic rings. The third-order valence-corrected chi connectivity index (χ3v) is 5.58. The summed E-state index contributed by atoms with van der Waals surface area (Å²) in [5.41, 5.74) is 0.690. The fourth-order valence-electron chi connectivity index (χ4n) is 2.81. The maximum Gasteiger partial charge on any atom is 0.262 e. The van der Waals surface area contributed by atoms with E-state index in [1.165, 1.54) is 0 Å². The summed E-state index contributed by atoms with van der Waals surface area (Å²) in [5.74, 6) is 1.37. The van der Waals surface area contributed by atoms with Gasteiger partial charge in [0.25, 0.3) is 5.56 Å². The highest BCUT2D eigenvalue weighted by molar-refractivity contribution is 7.99. The van der Waals surface area contributed by atoms with Crippen molar-refractivity contribution in [1.29, 1.82) is 0 Å². The lowest BCUT2D eigenvalue weighted by molar-refractivity contribution is 0.129. The molecule has 2 heterocycles. The number of benzene rings is 1. The summed E-state index contributed by atoms with van der Waals surface area (Å²) in [6, 6.07) is 5.29. The van der Waals surface area contributed by atoms with Crippen LogP contribution in [0, 0.1) is 5.92 Å². The van der Waals surface area contributed by atoms with E-state index in [1.807, 2.05) is 4.57 Å². The van der Waals surface area contributed by atoms with E-state index in [1.54, 1.807) is 30.0 Å². The Bertz CT molecular complexity index is 769. The molecule has 6 heteroatoms. The fourth-order valence-corrected chi connectivity index (χ4v) is 4.07. The Morgan fingerprint density at radius 3 is 3.00 bits per heavy atom. The predicted octanol–water partition coefficient (Wildman–Crippen LogP) is 4.37. The van der Waals surface area contributed by atoms with Gasteiger partial charge >= 0.3 is 0 Å². The van der Waals surface area contributed by atoms with Gasteiger partial charge in [0.15, 0.2) is 5.16 Å². The minimum atomic E-state index is 0.0205. The number of rotatable bonds is 6. The van der Waals surface area contributed by atoms with Crippen LogP contribution in [-0.2, 0) is 11.3 Å². The van der Waals surface area contributed by atoms with Gasteiger partial charge in [-0.25, -0.2) is 4.98 Å². The first-order valence-electron chi connectivity index (χ1n) is 8.49. The molecule has 1 unspecified atom stereocenters. The summed E-state index contributed by atoms with van der Waals surface area (Å²) in [4.78, 5) is 17.6. The van der Waals surface area contributed by atoms with Gasteiger partial charge in [-0.3, -0.25) is 9.36 Å². The number of fused-ring (bicyclic) bond motifs is 1. The standard InChI is InChI=1S/C18H23ClN2O2S/c1-12(2)7-8-21-17(22)15-6-5-13(19)10-16(15)20-18(21)24-11-14-4-3-9-23-14/h5-6,10,12,14H,3-4,7-9,11H2,1-2H3. The highest BCUT2D eigenvalue weighted by Crippen LogP contribution is 2.24. The predicted molar refractivity (Wildman–Crippen MR) is 100 cm³/mol. The van der Waals surface area contributed by atoms with Crippen LogP contribution in [0.25, 0.3) is 10.9 Å². The summed E-state index contributed by atoms with van der Waals surface area (Å²) < 4.78 is 7.51. The van der Waals surface area contributed by atoms with Gasteiger partial charge in [-0.1, -0.05) is 37.2 Å². The Morgan fingerprint density at radius 2 is 2.29 bits per heavy atom. The van der Waals surface area contributed by atoms with Gasteiger partial charge in [0, 0.05) is 23.9 Å². The van der Waals surface area contributed by atoms with Gasteiger partial charge < -0.3 is 4.74 Å². The second-order valence-electron chi connectivity index (χ2n) is 6.64. The zero-order chi connectivity index (χ0) is 17.1. The molecule has 1 aliphatic heterocycles. The van der Waals surface area contributed by atoms with E-state index >= 15 is 0 Å². The average molecular weight is 367 g/mol. The monoisotopic (exact) mass is 366 g/mol. The van der Waals surface area contributed by atoms with Crippen molar-refractivity contribution < 1.29 is 4.74 Å². The van der Waals surface area contributed by atoms with E-state index in [-0.39, 0.29) is 11.7 Å². The van der Waals surface area contributed by atoms with Gasteiger partial charge in [0.2, 0.25) is 0 Å². The Morgan fingerprint density at radius 1 is 1.46 bits per heavy atom. The lowest BCUT2D eigenvalue weighted by Crippen LogP contribution is -2.24. The van der Waals surface area contributed by atoms with Crippen molar-refractivity contribution in [1.82, 2.24) is 9.55 Å². The molecule has 0 aliphatic carbocycles. The molecule has 0 spiro atoms. The Kier molecular flexibility index (Phi) is 5.85. The van der Waals surface area contributed by atoms with Crippen molar-refractivity contribution in [2.24, 2.45) is 5.92 Å². The lowest BCUT2D eigenvalue weighted by Gasteiger charge is -2.15. The van der Waals surface area contributed by atoms with Crippen molar-refractivity contribution in [3.63, 3.8) is 0 Å². The van der Waals surface area contributed by atoms with E-state index in [2.05, 4.69) is 13.8 Å². The van der Waals surface area contributed by atoms with Crippen molar-refractivity contribution in [3.8, 4) is 0 Å². The summed E-state index contributed by atoms with van der Waals surface area (Å²) >= 11 is 7.69. The number of halogens is 1. The first-order chi connectivity index (χ1) is 11.5. The summed E-state index contributed by atoms with van der Waals surface area (Å²) in [5, 5.41) is 2.00. The number of ether oxygens (including phenoxy) is 1. The summed E-state index contributed by atoms with van der Waals surface area (Å²) in [6.07, 6.45) is 3.42. The third kappa shape index (κ3) is 4.13. The minimum absolute atomic E-state index is 0.0205. The van der Waals surface area contributed by atoms with Gasteiger partial charge in [0.05, 0.1) is 17.0 Å². The number of thioether (sulfide) groups is 1. The van der Waals surface area contributed by atoms with E-state index in [0.717, 1.165) is 36.8 Å². The molecule has 4 nitrogen and oxygen atoms in total. The Hall–Kier alpha value is -1.04. The van der Waals surface area contributed by atoms with E-state index in [0.29, 0.717) is 28.4 Å². The average Bonchev–Trinajstić information content (AvgIpc) is 3.05. The van der Waals surface area contributed by atoms with Gasteiger partial charge in [-0.2, -0.15) is 0 Å². The molecule has 3 rings (SSSR count). The summed E-state index contributed by atoms with van der Waals surface area (Å²) in [7, 11) is 0. The van der Waals surface area contributed by atoms with Gasteiger partial charge in [0.1, 0.15) is 0 Å². The number of aromatic nitrogens is 2. The lowest BCUT2D eigenvalue weighted by atomic mass is 10.1. The third-order valence-electron chi connectivity index (χ3n) is 4.23. The van der Waals surface area contributed by atoms with Crippen LogP contribution in [0.15, 0.2) is 28.2 Å². The molecule has 1 atom stereocenters.